The molecule has 0 spiro atoms. The summed E-state index contributed by atoms with van der Waals surface area (Å²) < 4.78 is 27.2. The van der Waals surface area contributed by atoms with Crippen molar-refractivity contribution in [1.29, 1.82) is 0 Å². The molecule has 1 aliphatic heterocycles. The fourth-order valence-corrected chi connectivity index (χ4v) is 5.60. The molecule has 3 rings (SSSR count). The van der Waals surface area contributed by atoms with Gasteiger partial charge in [0, 0.05) is 32.2 Å². The predicted octanol–water partition coefficient (Wildman–Crippen LogP) is 2.84. The third-order valence-electron chi connectivity index (χ3n) is 5.12. The minimum absolute atomic E-state index is 0.0281. The fourth-order valence-electron chi connectivity index (χ4n) is 3.16. The van der Waals surface area contributed by atoms with Crippen molar-refractivity contribution in [2.75, 3.05) is 31.9 Å². The van der Waals surface area contributed by atoms with E-state index in [9.17, 15) is 23.3 Å². The Hall–Kier alpha value is -2.43. The largest absolute Gasteiger partial charge is 0.339 e. The number of rotatable bonds is 6. The second-order valence-corrected chi connectivity index (χ2v) is 10.00. The Labute approximate surface area is 180 Å². The van der Waals surface area contributed by atoms with Gasteiger partial charge in [0.25, 0.3) is 5.69 Å². The van der Waals surface area contributed by atoms with E-state index in [0.717, 1.165) is 22.9 Å². The number of piperazine rings is 1. The van der Waals surface area contributed by atoms with Crippen molar-refractivity contribution in [1.82, 2.24) is 9.21 Å². The van der Waals surface area contributed by atoms with E-state index >= 15 is 0 Å². The van der Waals surface area contributed by atoms with E-state index in [-0.39, 0.29) is 35.3 Å². The summed E-state index contributed by atoms with van der Waals surface area (Å²) in [5.74, 6) is -0.101. The Kier molecular flexibility index (Phi) is 6.79. The zero-order chi connectivity index (χ0) is 21.9. The monoisotopic (exact) mass is 449 g/mol. The standard InChI is InChI=1S/C20H23N3O5S2/c1-15-7-8-17(13-16(15)2)30(27,28)22-11-9-21(10-12-22)20(24)14-29-19-6-4-3-5-18(19)23(25)26/h3-8,13H,9-12,14H2,1-2H3. The van der Waals surface area contributed by atoms with Crippen molar-refractivity contribution < 1.29 is 18.1 Å². The average Bonchev–Trinajstić information content (AvgIpc) is 2.74. The highest BCUT2D eigenvalue weighted by molar-refractivity contribution is 8.00. The van der Waals surface area contributed by atoms with Gasteiger partial charge in [-0.3, -0.25) is 14.9 Å². The Morgan fingerprint density at radius 2 is 1.73 bits per heavy atom. The van der Waals surface area contributed by atoms with E-state index in [2.05, 4.69) is 0 Å². The number of hydrogen-bond acceptors (Lipinski definition) is 6. The first kappa shape index (κ1) is 22.3. The molecule has 0 aliphatic carbocycles. The highest BCUT2D eigenvalue weighted by Crippen LogP contribution is 2.29. The van der Waals surface area contributed by atoms with Gasteiger partial charge in [-0.2, -0.15) is 4.31 Å². The van der Waals surface area contributed by atoms with E-state index in [0.29, 0.717) is 18.0 Å². The molecule has 1 aliphatic rings. The maximum Gasteiger partial charge on any atom is 0.282 e. The van der Waals surface area contributed by atoms with Gasteiger partial charge in [0.2, 0.25) is 15.9 Å². The predicted molar refractivity (Wildman–Crippen MR) is 115 cm³/mol. The lowest BCUT2D eigenvalue weighted by molar-refractivity contribution is -0.387. The number of carbonyl (C=O) groups is 1. The van der Waals surface area contributed by atoms with Crippen molar-refractivity contribution >= 4 is 33.4 Å². The van der Waals surface area contributed by atoms with Crippen LogP contribution in [0.3, 0.4) is 0 Å². The van der Waals surface area contributed by atoms with Gasteiger partial charge in [-0.05, 0) is 43.2 Å². The Bertz CT molecular complexity index is 1060. The fraction of sp³-hybridized carbons (Fsp3) is 0.350. The molecule has 2 aromatic rings. The molecule has 1 heterocycles. The molecule has 1 amide bonds. The summed E-state index contributed by atoms with van der Waals surface area (Å²) in [4.78, 5) is 25.5. The van der Waals surface area contributed by atoms with Crippen LogP contribution in [0.2, 0.25) is 0 Å². The third kappa shape index (κ3) is 4.82. The van der Waals surface area contributed by atoms with E-state index < -0.39 is 14.9 Å². The highest BCUT2D eigenvalue weighted by Gasteiger charge is 2.30. The number of para-hydroxylation sites is 1. The van der Waals surface area contributed by atoms with Crippen LogP contribution in [0, 0.1) is 24.0 Å². The molecule has 2 aromatic carbocycles. The van der Waals surface area contributed by atoms with Gasteiger partial charge in [0.1, 0.15) is 0 Å². The molecular weight excluding hydrogens is 426 g/mol. The minimum Gasteiger partial charge on any atom is -0.339 e. The van der Waals surface area contributed by atoms with Crippen LogP contribution in [0.25, 0.3) is 0 Å². The van der Waals surface area contributed by atoms with Crippen LogP contribution >= 0.6 is 11.8 Å². The smallest absolute Gasteiger partial charge is 0.282 e. The topological polar surface area (TPSA) is 101 Å². The van der Waals surface area contributed by atoms with Gasteiger partial charge < -0.3 is 4.90 Å². The summed E-state index contributed by atoms with van der Waals surface area (Å²) in [6.45, 7) is 4.83. The van der Waals surface area contributed by atoms with Gasteiger partial charge in [-0.1, -0.05) is 18.2 Å². The molecule has 0 N–H and O–H groups in total. The number of amides is 1. The maximum absolute atomic E-state index is 12.9. The van der Waals surface area contributed by atoms with Crippen LogP contribution in [-0.4, -0.2) is 60.4 Å². The number of benzene rings is 2. The number of thioether (sulfide) groups is 1. The van der Waals surface area contributed by atoms with Crippen LogP contribution in [0.15, 0.2) is 52.3 Å². The number of sulfonamides is 1. The second-order valence-electron chi connectivity index (χ2n) is 7.04. The first-order valence-corrected chi connectivity index (χ1v) is 11.8. The number of carbonyl (C=O) groups excluding carboxylic acids is 1. The molecule has 1 saturated heterocycles. The second kappa shape index (κ2) is 9.15. The Morgan fingerprint density at radius 1 is 1.07 bits per heavy atom. The SMILES string of the molecule is Cc1ccc(S(=O)(=O)N2CCN(C(=O)CSc3ccccc3[N+](=O)[O-])CC2)cc1C. The van der Waals surface area contributed by atoms with Crippen molar-refractivity contribution in [3.63, 3.8) is 0 Å². The summed E-state index contributed by atoms with van der Waals surface area (Å²) in [6.07, 6.45) is 0. The Morgan fingerprint density at radius 3 is 2.37 bits per heavy atom. The molecule has 0 unspecified atom stereocenters. The number of nitro groups is 1. The van der Waals surface area contributed by atoms with Crippen molar-refractivity contribution in [2.24, 2.45) is 0 Å². The molecule has 1 fully saturated rings. The lowest BCUT2D eigenvalue weighted by Crippen LogP contribution is -2.50. The van der Waals surface area contributed by atoms with Gasteiger partial charge >= 0.3 is 0 Å². The van der Waals surface area contributed by atoms with Gasteiger partial charge in [0.05, 0.1) is 20.5 Å². The van der Waals surface area contributed by atoms with Crippen LogP contribution in [0.5, 0.6) is 0 Å². The molecule has 0 atom stereocenters. The van der Waals surface area contributed by atoms with Crippen LogP contribution < -0.4 is 0 Å². The average molecular weight is 450 g/mol. The van der Waals surface area contributed by atoms with Crippen molar-refractivity contribution in [3.05, 3.63) is 63.7 Å². The molecular formula is C20H23N3O5S2. The van der Waals surface area contributed by atoms with Crippen LogP contribution in [0.4, 0.5) is 5.69 Å². The van der Waals surface area contributed by atoms with E-state index in [1.165, 1.54) is 10.4 Å². The van der Waals surface area contributed by atoms with Crippen LogP contribution in [-0.2, 0) is 14.8 Å². The molecule has 0 radical (unpaired) electrons. The van der Waals surface area contributed by atoms with E-state index in [1.807, 2.05) is 13.8 Å². The maximum atomic E-state index is 12.9. The summed E-state index contributed by atoms with van der Waals surface area (Å²) in [7, 11) is -3.61. The van der Waals surface area contributed by atoms with Crippen molar-refractivity contribution in [2.45, 2.75) is 23.6 Å². The number of hydrogen-bond donors (Lipinski definition) is 0. The van der Waals surface area contributed by atoms with E-state index in [4.69, 9.17) is 0 Å². The lowest BCUT2D eigenvalue weighted by Gasteiger charge is -2.34. The molecule has 0 saturated carbocycles. The van der Waals surface area contributed by atoms with Crippen molar-refractivity contribution in [3.8, 4) is 0 Å². The van der Waals surface area contributed by atoms with Gasteiger partial charge in [-0.25, -0.2) is 8.42 Å². The molecule has 8 nitrogen and oxygen atoms in total. The summed E-state index contributed by atoms with van der Waals surface area (Å²) in [6, 6.07) is 11.4. The molecule has 160 valence electrons. The number of nitrogens with zero attached hydrogens (tertiary/aromatic N) is 3. The lowest BCUT2D eigenvalue weighted by atomic mass is 10.1. The molecule has 0 aromatic heterocycles. The van der Waals surface area contributed by atoms with Crippen LogP contribution in [0.1, 0.15) is 11.1 Å². The molecule has 0 bridgehead atoms. The van der Waals surface area contributed by atoms with Gasteiger partial charge in [0.15, 0.2) is 0 Å². The highest BCUT2D eigenvalue weighted by atomic mass is 32.2. The number of nitro benzene ring substituents is 1. The Balaban J connectivity index is 1.59. The normalized spacial score (nSPS) is 15.2. The molecule has 30 heavy (non-hydrogen) atoms. The number of aryl methyl sites for hydroxylation is 2. The zero-order valence-electron chi connectivity index (χ0n) is 16.8. The summed E-state index contributed by atoms with van der Waals surface area (Å²) >= 11 is 1.12. The first-order chi connectivity index (χ1) is 14.2. The summed E-state index contributed by atoms with van der Waals surface area (Å²) in [5, 5.41) is 11.1. The zero-order valence-corrected chi connectivity index (χ0v) is 18.4. The summed E-state index contributed by atoms with van der Waals surface area (Å²) in [5.41, 5.74) is 1.91. The van der Waals surface area contributed by atoms with Gasteiger partial charge in [-0.15, -0.1) is 11.8 Å². The first-order valence-electron chi connectivity index (χ1n) is 9.41. The third-order valence-corrected chi connectivity index (χ3v) is 8.06. The van der Waals surface area contributed by atoms with E-state index in [1.54, 1.807) is 41.3 Å². The quantitative estimate of drug-likeness (QED) is 0.382. The molecule has 10 heteroatoms. The minimum atomic E-state index is -3.61.